The van der Waals surface area contributed by atoms with E-state index in [4.69, 9.17) is 4.74 Å². The van der Waals surface area contributed by atoms with E-state index in [2.05, 4.69) is 0 Å². The highest BCUT2D eigenvalue weighted by atomic mass is 32.2. The zero-order chi connectivity index (χ0) is 18.4. The van der Waals surface area contributed by atoms with Crippen LogP contribution in [0.15, 0.2) is 23.1 Å². The fourth-order valence-electron chi connectivity index (χ4n) is 2.92. The molecule has 0 spiro atoms. The molecule has 0 aliphatic heterocycles. The summed E-state index contributed by atoms with van der Waals surface area (Å²) in [6.07, 6.45) is 5.24. The van der Waals surface area contributed by atoms with Crippen molar-refractivity contribution in [2.24, 2.45) is 0 Å². The summed E-state index contributed by atoms with van der Waals surface area (Å²) in [5, 5.41) is 22.1. The highest BCUT2D eigenvalue weighted by Gasteiger charge is 2.29. The van der Waals surface area contributed by atoms with Crippen molar-refractivity contribution in [3.63, 3.8) is 0 Å². The van der Waals surface area contributed by atoms with Gasteiger partial charge in [-0.15, -0.1) is 11.8 Å². The number of esters is 1. The fraction of sp³-hybridized carbons (Fsp3) is 0.562. The molecule has 1 fully saturated rings. The molecule has 0 radical (unpaired) electrons. The van der Waals surface area contributed by atoms with Crippen molar-refractivity contribution in [3.8, 4) is 0 Å². The number of benzene rings is 1. The summed E-state index contributed by atoms with van der Waals surface area (Å²) in [7, 11) is 0. The van der Waals surface area contributed by atoms with Crippen molar-refractivity contribution < 1.29 is 19.4 Å². The Morgan fingerprint density at radius 3 is 2.40 bits per heavy atom. The molecule has 2 atom stereocenters. The van der Waals surface area contributed by atoms with E-state index in [1.165, 1.54) is 30.8 Å². The first-order chi connectivity index (χ1) is 11.9. The summed E-state index contributed by atoms with van der Waals surface area (Å²) < 4.78 is 5.44. The van der Waals surface area contributed by atoms with E-state index in [0.29, 0.717) is 4.90 Å². The average Bonchev–Trinajstić information content (AvgIpc) is 2.53. The van der Waals surface area contributed by atoms with Gasteiger partial charge in [-0.25, -0.2) is 0 Å². The topological polar surface area (TPSA) is 113 Å². The average molecular weight is 368 g/mol. The summed E-state index contributed by atoms with van der Waals surface area (Å²) in [5.74, 6) is -0.366. The maximum Gasteiger partial charge on any atom is 0.302 e. The number of carbonyl (C=O) groups excluding carboxylic acids is 1. The third kappa shape index (κ3) is 5.42. The van der Waals surface area contributed by atoms with E-state index < -0.39 is 9.85 Å². The molecular weight excluding hydrogens is 348 g/mol. The zero-order valence-corrected chi connectivity index (χ0v) is 14.7. The molecule has 8 nitrogen and oxygen atoms in total. The monoisotopic (exact) mass is 368 g/mol. The van der Waals surface area contributed by atoms with Gasteiger partial charge in [0.2, 0.25) is 0 Å². The molecule has 0 bridgehead atoms. The Balaban J connectivity index is 2.28. The van der Waals surface area contributed by atoms with Gasteiger partial charge in [-0.2, -0.15) is 0 Å². The summed E-state index contributed by atoms with van der Waals surface area (Å²) >= 11 is 1.27. The first kappa shape index (κ1) is 19.2. The number of carbonyl (C=O) groups is 1. The van der Waals surface area contributed by atoms with Gasteiger partial charge in [-0.3, -0.25) is 25.0 Å². The predicted molar refractivity (Wildman–Crippen MR) is 92.7 cm³/mol. The lowest BCUT2D eigenvalue weighted by Gasteiger charge is -2.28. The van der Waals surface area contributed by atoms with Gasteiger partial charge in [0.1, 0.15) is 6.10 Å². The van der Waals surface area contributed by atoms with Gasteiger partial charge in [0.05, 0.1) is 20.8 Å². The third-order valence-corrected chi connectivity index (χ3v) is 5.53. The molecule has 25 heavy (non-hydrogen) atoms. The SMILES string of the molecule is CC(=O)O[C@@H]1CCCCCC[C@H]1Sc1ccc([N+](=O)[O-])cc1[N+](=O)[O-]. The number of rotatable bonds is 5. The molecule has 1 aromatic rings. The minimum absolute atomic E-state index is 0.107. The van der Waals surface area contributed by atoms with Crippen LogP contribution in [-0.4, -0.2) is 27.2 Å². The first-order valence-corrected chi connectivity index (χ1v) is 9.03. The molecule has 2 rings (SSSR count). The molecule has 136 valence electrons. The van der Waals surface area contributed by atoms with E-state index in [-0.39, 0.29) is 28.7 Å². The van der Waals surface area contributed by atoms with Gasteiger partial charge in [0.25, 0.3) is 11.4 Å². The van der Waals surface area contributed by atoms with Gasteiger partial charge < -0.3 is 4.74 Å². The second-order valence-corrected chi connectivity index (χ2v) is 7.24. The van der Waals surface area contributed by atoms with Crippen molar-refractivity contribution in [2.75, 3.05) is 0 Å². The molecular formula is C16H20N2O6S. The van der Waals surface area contributed by atoms with Crippen LogP contribution in [0.3, 0.4) is 0 Å². The van der Waals surface area contributed by atoms with Crippen LogP contribution in [-0.2, 0) is 9.53 Å². The van der Waals surface area contributed by atoms with Crippen molar-refractivity contribution in [3.05, 3.63) is 38.4 Å². The number of ether oxygens (including phenoxy) is 1. The largest absolute Gasteiger partial charge is 0.461 e. The molecule has 1 aromatic carbocycles. The Kier molecular flexibility index (Phi) is 6.74. The summed E-state index contributed by atoms with van der Waals surface area (Å²) in [6, 6.07) is 3.65. The van der Waals surface area contributed by atoms with Crippen LogP contribution in [0.5, 0.6) is 0 Å². The lowest BCUT2D eigenvalue weighted by molar-refractivity contribution is -0.396. The number of hydrogen-bond acceptors (Lipinski definition) is 7. The van der Waals surface area contributed by atoms with Gasteiger partial charge in [-0.1, -0.05) is 19.3 Å². The minimum Gasteiger partial charge on any atom is -0.461 e. The molecule has 0 heterocycles. The highest BCUT2D eigenvalue weighted by Crippen LogP contribution is 2.39. The molecule has 0 saturated heterocycles. The lowest BCUT2D eigenvalue weighted by atomic mass is 9.98. The zero-order valence-electron chi connectivity index (χ0n) is 13.9. The Bertz CT molecular complexity index is 666. The number of nitro benzene ring substituents is 2. The number of non-ortho nitro benzene ring substituents is 1. The van der Waals surface area contributed by atoms with E-state index in [1.54, 1.807) is 0 Å². The van der Waals surface area contributed by atoms with Crippen LogP contribution in [0.2, 0.25) is 0 Å². The summed E-state index contributed by atoms with van der Waals surface area (Å²) in [5.41, 5.74) is -0.604. The van der Waals surface area contributed by atoms with Gasteiger partial charge in [-0.05, 0) is 25.3 Å². The maximum absolute atomic E-state index is 11.4. The standard InChI is InChI=1S/C16H20N2O6S/c1-11(19)24-14-6-4-2-3-5-7-16(14)25-15-9-8-12(17(20)21)10-13(15)18(22)23/h8-10,14,16H,2-7H2,1H3/t14-,16-/m1/s1. The smallest absolute Gasteiger partial charge is 0.302 e. The first-order valence-electron chi connectivity index (χ1n) is 8.15. The van der Waals surface area contributed by atoms with Gasteiger partial charge in [0, 0.05) is 18.2 Å². The van der Waals surface area contributed by atoms with Crippen molar-refractivity contribution in [1.29, 1.82) is 0 Å². The predicted octanol–water partition coefficient (Wildman–Crippen LogP) is 4.25. The van der Waals surface area contributed by atoms with Crippen molar-refractivity contribution in [1.82, 2.24) is 0 Å². The van der Waals surface area contributed by atoms with E-state index in [0.717, 1.165) is 44.6 Å². The van der Waals surface area contributed by atoms with Crippen LogP contribution >= 0.6 is 11.8 Å². The van der Waals surface area contributed by atoms with Crippen LogP contribution in [0.1, 0.15) is 45.4 Å². The Labute approximate surface area is 149 Å². The summed E-state index contributed by atoms with van der Waals surface area (Å²) in [6.45, 7) is 1.36. The molecule has 0 N–H and O–H groups in total. The number of hydrogen-bond donors (Lipinski definition) is 0. The van der Waals surface area contributed by atoms with Crippen LogP contribution < -0.4 is 0 Å². The second-order valence-electron chi connectivity index (χ2n) is 5.96. The van der Waals surface area contributed by atoms with Crippen LogP contribution in [0.4, 0.5) is 11.4 Å². The van der Waals surface area contributed by atoms with Crippen molar-refractivity contribution in [2.45, 2.75) is 61.7 Å². The fourth-order valence-corrected chi connectivity index (χ4v) is 4.28. The van der Waals surface area contributed by atoms with Crippen LogP contribution in [0.25, 0.3) is 0 Å². The van der Waals surface area contributed by atoms with E-state index in [9.17, 15) is 25.0 Å². The number of thioether (sulfide) groups is 1. The minimum atomic E-state index is -0.654. The third-order valence-electron chi connectivity index (χ3n) is 4.09. The van der Waals surface area contributed by atoms with E-state index >= 15 is 0 Å². The molecule has 0 aromatic heterocycles. The number of nitrogens with zero attached hydrogens (tertiary/aromatic N) is 2. The molecule has 0 unspecified atom stereocenters. The summed E-state index contributed by atoms with van der Waals surface area (Å²) in [4.78, 5) is 32.6. The molecule has 9 heteroatoms. The van der Waals surface area contributed by atoms with Gasteiger partial charge >= 0.3 is 5.97 Å². The quantitative estimate of drug-likeness (QED) is 0.433. The van der Waals surface area contributed by atoms with Crippen LogP contribution in [0, 0.1) is 20.2 Å². The Morgan fingerprint density at radius 2 is 1.80 bits per heavy atom. The molecule has 1 aliphatic rings. The molecule has 1 saturated carbocycles. The maximum atomic E-state index is 11.4. The number of nitro groups is 2. The normalized spacial score (nSPS) is 21.0. The molecule has 0 amide bonds. The van der Waals surface area contributed by atoms with Crippen molar-refractivity contribution >= 4 is 29.1 Å². The van der Waals surface area contributed by atoms with Gasteiger partial charge in [0.15, 0.2) is 0 Å². The Morgan fingerprint density at radius 1 is 1.12 bits per heavy atom. The second kappa shape index (κ2) is 8.80. The Hall–Kier alpha value is -2.16. The molecule has 1 aliphatic carbocycles. The lowest BCUT2D eigenvalue weighted by Crippen LogP contribution is -2.29. The highest BCUT2D eigenvalue weighted by molar-refractivity contribution is 8.00. The van der Waals surface area contributed by atoms with E-state index in [1.807, 2.05) is 0 Å².